The lowest BCUT2D eigenvalue weighted by molar-refractivity contribution is -0.137. The van der Waals surface area contributed by atoms with Crippen molar-refractivity contribution in [3.05, 3.63) is 74.1 Å². The van der Waals surface area contributed by atoms with Crippen molar-refractivity contribution in [2.24, 2.45) is 0 Å². The second-order valence-corrected chi connectivity index (χ2v) is 7.36. The predicted octanol–water partition coefficient (Wildman–Crippen LogP) is 6.25. The summed E-state index contributed by atoms with van der Waals surface area (Å²) in [5.74, 6) is -0.696. The molecule has 0 aliphatic carbocycles. The molecule has 140 valence electrons. The SMILES string of the molecule is O=C1S/C(=C\c2ccccc2C(F)(F)F)C(=O)N1Cc1c(Cl)cccc1Cl. The van der Waals surface area contributed by atoms with E-state index in [1.54, 1.807) is 18.2 Å². The van der Waals surface area contributed by atoms with E-state index in [1.807, 2.05) is 0 Å². The van der Waals surface area contributed by atoms with Crippen LogP contribution in [0, 0.1) is 0 Å². The first-order valence-corrected chi connectivity index (χ1v) is 9.10. The van der Waals surface area contributed by atoms with E-state index < -0.39 is 22.9 Å². The van der Waals surface area contributed by atoms with Gasteiger partial charge < -0.3 is 0 Å². The van der Waals surface area contributed by atoms with E-state index in [0.717, 1.165) is 17.0 Å². The Bertz CT molecular complexity index is 940. The summed E-state index contributed by atoms with van der Waals surface area (Å²) in [4.78, 5) is 25.6. The van der Waals surface area contributed by atoms with Crippen molar-refractivity contribution in [1.29, 1.82) is 0 Å². The van der Waals surface area contributed by atoms with Gasteiger partial charge in [0.15, 0.2) is 0 Å². The Morgan fingerprint density at radius 3 is 2.26 bits per heavy atom. The quantitative estimate of drug-likeness (QED) is 0.539. The Kier molecular flexibility index (Phi) is 5.55. The van der Waals surface area contributed by atoms with Gasteiger partial charge in [-0.25, -0.2) is 0 Å². The summed E-state index contributed by atoms with van der Waals surface area (Å²) in [7, 11) is 0. The second-order valence-electron chi connectivity index (χ2n) is 5.55. The largest absolute Gasteiger partial charge is 0.416 e. The maximum absolute atomic E-state index is 13.1. The Balaban J connectivity index is 1.92. The molecule has 3 rings (SSSR count). The summed E-state index contributed by atoms with van der Waals surface area (Å²) in [6, 6.07) is 9.59. The fourth-order valence-electron chi connectivity index (χ4n) is 2.50. The minimum Gasteiger partial charge on any atom is -0.268 e. The first kappa shape index (κ1) is 19.8. The van der Waals surface area contributed by atoms with E-state index in [1.165, 1.54) is 18.2 Å². The van der Waals surface area contributed by atoms with Crippen LogP contribution in [-0.4, -0.2) is 16.0 Å². The number of thioether (sulfide) groups is 1. The van der Waals surface area contributed by atoms with Gasteiger partial charge in [-0.05, 0) is 41.6 Å². The number of carbonyl (C=O) groups is 2. The fraction of sp³-hybridized carbons (Fsp3) is 0.111. The summed E-state index contributed by atoms with van der Waals surface area (Å²) in [6.07, 6.45) is -3.50. The highest BCUT2D eigenvalue weighted by atomic mass is 35.5. The van der Waals surface area contributed by atoms with E-state index in [-0.39, 0.29) is 27.1 Å². The van der Waals surface area contributed by atoms with Gasteiger partial charge in [-0.15, -0.1) is 0 Å². The van der Waals surface area contributed by atoms with Crippen LogP contribution < -0.4 is 0 Å². The van der Waals surface area contributed by atoms with Crippen molar-refractivity contribution < 1.29 is 22.8 Å². The van der Waals surface area contributed by atoms with Crippen molar-refractivity contribution in [3.8, 4) is 0 Å². The molecule has 0 saturated carbocycles. The van der Waals surface area contributed by atoms with Crippen LogP contribution in [-0.2, 0) is 17.5 Å². The second kappa shape index (κ2) is 7.58. The monoisotopic (exact) mass is 431 g/mol. The number of nitrogens with zero attached hydrogens (tertiary/aromatic N) is 1. The Labute approximate surface area is 166 Å². The molecule has 0 bridgehead atoms. The molecule has 27 heavy (non-hydrogen) atoms. The lowest BCUT2D eigenvalue weighted by atomic mass is 10.1. The minimum atomic E-state index is -4.57. The molecule has 1 heterocycles. The molecular formula is C18H10Cl2F3NO2S. The van der Waals surface area contributed by atoms with Crippen LogP contribution >= 0.6 is 35.0 Å². The molecular weight excluding hydrogens is 422 g/mol. The van der Waals surface area contributed by atoms with Gasteiger partial charge >= 0.3 is 6.18 Å². The molecule has 2 amide bonds. The molecule has 0 radical (unpaired) electrons. The number of hydrogen-bond acceptors (Lipinski definition) is 3. The van der Waals surface area contributed by atoms with Crippen molar-refractivity contribution in [2.45, 2.75) is 12.7 Å². The van der Waals surface area contributed by atoms with E-state index in [4.69, 9.17) is 23.2 Å². The topological polar surface area (TPSA) is 37.4 Å². The van der Waals surface area contributed by atoms with Crippen molar-refractivity contribution >= 4 is 52.2 Å². The lowest BCUT2D eigenvalue weighted by Crippen LogP contribution is -2.27. The van der Waals surface area contributed by atoms with Crippen LogP contribution in [0.2, 0.25) is 10.0 Å². The van der Waals surface area contributed by atoms with Gasteiger partial charge in [0.05, 0.1) is 17.0 Å². The van der Waals surface area contributed by atoms with E-state index >= 15 is 0 Å². The van der Waals surface area contributed by atoms with Crippen molar-refractivity contribution in [2.75, 3.05) is 0 Å². The van der Waals surface area contributed by atoms with Crippen LogP contribution in [0.1, 0.15) is 16.7 Å². The molecule has 0 atom stereocenters. The molecule has 0 N–H and O–H groups in total. The summed E-state index contributed by atoms with van der Waals surface area (Å²) >= 11 is 12.7. The Hall–Kier alpha value is -1.96. The van der Waals surface area contributed by atoms with Crippen LogP contribution in [0.3, 0.4) is 0 Å². The van der Waals surface area contributed by atoms with Gasteiger partial charge in [-0.1, -0.05) is 47.5 Å². The van der Waals surface area contributed by atoms with E-state index in [9.17, 15) is 22.8 Å². The zero-order valence-electron chi connectivity index (χ0n) is 13.4. The maximum Gasteiger partial charge on any atom is 0.416 e. The van der Waals surface area contributed by atoms with Gasteiger partial charge in [0, 0.05) is 15.6 Å². The summed E-state index contributed by atoms with van der Waals surface area (Å²) in [6.45, 7) is -0.165. The van der Waals surface area contributed by atoms with Gasteiger partial charge in [0.2, 0.25) is 0 Å². The van der Waals surface area contributed by atoms with Crippen LogP contribution in [0.25, 0.3) is 6.08 Å². The molecule has 2 aromatic carbocycles. The highest BCUT2D eigenvalue weighted by Crippen LogP contribution is 2.38. The number of halogens is 5. The Morgan fingerprint density at radius 1 is 1.00 bits per heavy atom. The first-order valence-electron chi connectivity index (χ1n) is 7.53. The predicted molar refractivity (Wildman–Crippen MR) is 99.4 cm³/mol. The minimum absolute atomic E-state index is 0.0973. The molecule has 0 unspecified atom stereocenters. The number of rotatable bonds is 3. The number of imide groups is 1. The molecule has 1 fully saturated rings. The summed E-state index contributed by atoms with van der Waals surface area (Å²) in [5.41, 5.74) is -0.683. The molecule has 1 aliphatic rings. The highest BCUT2D eigenvalue weighted by Gasteiger charge is 2.37. The molecule has 3 nitrogen and oxygen atoms in total. The van der Waals surface area contributed by atoms with Crippen LogP contribution in [0.15, 0.2) is 47.4 Å². The maximum atomic E-state index is 13.1. The Morgan fingerprint density at radius 2 is 1.63 bits per heavy atom. The zero-order valence-corrected chi connectivity index (χ0v) is 15.7. The smallest absolute Gasteiger partial charge is 0.268 e. The molecule has 0 aromatic heterocycles. The third kappa shape index (κ3) is 4.15. The standard InChI is InChI=1S/C18H10Cl2F3NO2S/c19-13-6-3-7-14(20)11(13)9-24-16(25)15(27-17(24)26)8-10-4-1-2-5-12(10)18(21,22)23/h1-8H,9H2/b15-8-. The molecule has 1 aliphatic heterocycles. The van der Waals surface area contributed by atoms with Gasteiger partial charge in [-0.2, -0.15) is 13.2 Å². The van der Waals surface area contributed by atoms with Crippen molar-refractivity contribution in [3.63, 3.8) is 0 Å². The average Bonchev–Trinajstić information content (AvgIpc) is 2.85. The van der Waals surface area contributed by atoms with E-state index in [0.29, 0.717) is 17.3 Å². The number of benzene rings is 2. The summed E-state index contributed by atoms with van der Waals surface area (Å²) in [5, 5.41) is -0.0346. The lowest BCUT2D eigenvalue weighted by Gasteiger charge is -2.15. The normalized spacial score (nSPS) is 16.5. The van der Waals surface area contributed by atoms with Gasteiger partial charge in [0.25, 0.3) is 11.1 Å². The zero-order chi connectivity index (χ0) is 19.8. The molecule has 0 spiro atoms. The van der Waals surface area contributed by atoms with Gasteiger partial charge in [0.1, 0.15) is 0 Å². The first-order chi connectivity index (χ1) is 12.7. The third-order valence-electron chi connectivity index (χ3n) is 3.80. The highest BCUT2D eigenvalue weighted by molar-refractivity contribution is 8.18. The molecule has 9 heteroatoms. The molecule has 1 saturated heterocycles. The van der Waals surface area contributed by atoms with Crippen molar-refractivity contribution in [1.82, 2.24) is 4.90 Å². The number of alkyl halides is 3. The number of carbonyl (C=O) groups excluding carboxylic acids is 2. The van der Waals surface area contributed by atoms with Gasteiger partial charge in [-0.3, -0.25) is 14.5 Å². The van der Waals surface area contributed by atoms with Crippen LogP contribution in [0.4, 0.5) is 18.0 Å². The number of amides is 2. The van der Waals surface area contributed by atoms with E-state index in [2.05, 4.69) is 0 Å². The third-order valence-corrected chi connectivity index (χ3v) is 5.42. The van der Waals surface area contributed by atoms with Crippen LogP contribution in [0.5, 0.6) is 0 Å². The number of hydrogen-bond donors (Lipinski definition) is 0. The summed E-state index contributed by atoms with van der Waals surface area (Å²) < 4.78 is 39.4. The average molecular weight is 432 g/mol. The fourth-order valence-corrected chi connectivity index (χ4v) is 3.85. The molecule has 2 aromatic rings.